The Kier molecular flexibility index (Phi) is 4.36. The summed E-state index contributed by atoms with van der Waals surface area (Å²) in [6.07, 6.45) is 18.5. The van der Waals surface area contributed by atoms with E-state index in [-0.39, 0.29) is 5.54 Å². The van der Waals surface area contributed by atoms with Crippen LogP contribution >= 0.6 is 0 Å². The Morgan fingerprint density at radius 1 is 0.750 bits per heavy atom. The van der Waals surface area contributed by atoms with Crippen molar-refractivity contribution < 1.29 is 0 Å². The number of hydrogen-bond acceptors (Lipinski definition) is 2. The molecule has 0 unspecified atom stereocenters. The predicted molar refractivity (Wildman–Crippen MR) is 82.3 cm³/mol. The van der Waals surface area contributed by atoms with Crippen molar-refractivity contribution in [2.24, 2.45) is 5.41 Å². The topological polar surface area (TPSA) is 35.8 Å². The van der Waals surface area contributed by atoms with Crippen molar-refractivity contribution >= 4 is 0 Å². The third-order valence-electron chi connectivity index (χ3n) is 6.38. The largest absolute Gasteiger partial charge is 0.297 e. The highest BCUT2D eigenvalue weighted by molar-refractivity contribution is 5.12. The van der Waals surface area contributed by atoms with Gasteiger partial charge in [0.25, 0.3) is 0 Å². The molecule has 2 heteroatoms. The summed E-state index contributed by atoms with van der Waals surface area (Å²) in [5, 5.41) is 13.6. The van der Waals surface area contributed by atoms with Crippen LogP contribution in [0.3, 0.4) is 0 Å². The molecule has 0 atom stereocenters. The maximum atomic E-state index is 9.76. The fourth-order valence-corrected chi connectivity index (χ4v) is 4.93. The zero-order valence-corrected chi connectivity index (χ0v) is 12.9. The van der Waals surface area contributed by atoms with Crippen molar-refractivity contribution in [3.63, 3.8) is 0 Å². The summed E-state index contributed by atoms with van der Waals surface area (Å²) in [4.78, 5) is 0. The van der Waals surface area contributed by atoms with E-state index in [1.807, 2.05) is 0 Å². The van der Waals surface area contributed by atoms with Crippen LogP contribution in [-0.4, -0.2) is 11.6 Å². The van der Waals surface area contributed by atoms with E-state index in [1.165, 1.54) is 77.0 Å². The molecule has 2 nitrogen and oxygen atoms in total. The van der Waals surface area contributed by atoms with Gasteiger partial charge in [0, 0.05) is 6.04 Å². The Bertz CT molecular complexity index is 344. The van der Waals surface area contributed by atoms with E-state index in [1.54, 1.807) is 0 Å². The first-order valence-electron chi connectivity index (χ1n) is 8.95. The van der Waals surface area contributed by atoms with Gasteiger partial charge in [0.2, 0.25) is 0 Å². The molecule has 1 spiro atoms. The molecule has 0 amide bonds. The fourth-order valence-electron chi connectivity index (χ4n) is 4.93. The van der Waals surface area contributed by atoms with Gasteiger partial charge < -0.3 is 0 Å². The fraction of sp³-hybridized carbons (Fsp3) is 0.944. The first kappa shape index (κ1) is 14.4. The van der Waals surface area contributed by atoms with E-state index in [0.717, 1.165) is 12.8 Å². The monoisotopic (exact) mass is 274 g/mol. The standard InChI is InChI=1S/C18H30N2/c19-15-18(20-16-7-3-1-2-4-8-16)13-11-17(12-14-18)9-5-6-10-17/h16,20H,1-14H2. The smallest absolute Gasteiger partial charge is 0.107 e. The van der Waals surface area contributed by atoms with Crippen LogP contribution in [0.1, 0.15) is 89.9 Å². The molecule has 0 radical (unpaired) electrons. The normalized spacial score (nSPS) is 29.9. The van der Waals surface area contributed by atoms with Crippen molar-refractivity contribution in [3.8, 4) is 6.07 Å². The molecule has 0 aromatic rings. The summed E-state index contributed by atoms with van der Waals surface area (Å²) in [5.41, 5.74) is 0.439. The first-order chi connectivity index (χ1) is 9.76. The third kappa shape index (κ3) is 3.03. The molecule has 0 bridgehead atoms. The second kappa shape index (κ2) is 6.06. The molecule has 3 fully saturated rings. The van der Waals surface area contributed by atoms with Crippen molar-refractivity contribution in [1.82, 2.24) is 5.32 Å². The lowest BCUT2D eigenvalue weighted by atomic mass is 9.66. The molecule has 0 aromatic heterocycles. The first-order valence-corrected chi connectivity index (χ1v) is 8.95. The van der Waals surface area contributed by atoms with Gasteiger partial charge in [-0.15, -0.1) is 0 Å². The summed E-state index contributed by atoms with van der Waals surface area (Å²) in [6, 6.07) is 3.29. The van der Waals surface area contributed by atoms with Crippen molar-refractivity contribution in [1.29, 1.82) is 5.26 Å². The Morgan fingerprint density at radius 2 is 1.35 bits per heavy atom. The highest BCUT2D eigenvalue weighted by Crippen LogP contribution is 2.51. The van der Waals surface area contributed by atoms with Crippen LogP contribution in [-0.2, 0) is 0 Å². The molecule has 0 saturated heterocycles. The van der Waals surface area contributed by atoms with Crippen LogP contribution in [0.4, 0.5) is 0 Å². The lowest BCUT2D eigenvalue weighted by Crippen LogP contribution is -2.52. The molecule has 0 heterocycles. The van der Waals surface area contributed by atoms with E-state index in [2.05, 4.69) is 11.4 Å². The quantitative estimate of drug-likeness (QED) is 0.741. The minimum Gasteiger partial charge on any atom is -0.297 e. The average Bonchev–Trinajstić information content (AvgIpc) is 2.78. The molecular weight excluding hydrogens is 244 g/mol. The summed E-state index contributed by atoms with van der Waals surface area (Å²) in [5.74, 6) is 0. The van der Waals surface area contributed by atoms with Crippen molar-refractivity contribution in [2.75, 3.05) is 0 Å². The second-order valence-corrected chi connectivity index (χ2v) is 7.73. The maximum absolute atomic E-state index is 9.76. The van der Waals surface area contributed by atoms with Crippen LogP contribution in [0.5, 0.6) is 0 Å². The van der Waals surface area contributed by atoms with Crippen molar-refractivity contribution in [2.45, 2.75) is 101 Å². The second-order valence-electron chi connectivity index (χ2n) is 7.73. The molecule has 3 saturated carbocycles. The van der Waals surface area contributed by atoms with Gasteiger partial charge in [-0.2, -0.15) is 5.26 Å². The third-order valence-corrected chi connectivity index (χ3v) is 6.38. The summed E-state index contributed by atoms with van der Waals surface area (Å²) in [7, 11) is 0. The zero-order valence-electron chi connectivity index (χ0n) is 12.9. The number of rotatable bonds is 2. The van der Waals surface area contributed by atoms with Crippen LogP contribution in [0.15, 0.2) is 0 Å². The minimum absolute atomic E-state index is 0.192. The molecule has 20 heavy (non-hydrogen) atoms. The molecule has 0 aliphatic heterocycles. The Morgan fingerprint density at radius 3 is 1.90 bits per heavy atom. The molecule has 1 N–H and O–H groups in total. The SMILES string of the molecule is N#CC1(NC2CCCCCC2)CCC2(CCCC2)CC1. The van der Waals surface area contributed by atoms with E-state index < -0.39 is 0 Å². The van der Waals surface area contributed by atoms with Gasteiger partial charge in [-0.05, 0) is 56.8 Å². The van der Waals surface area contributed by atoms with Gasteiger partial charge in [-0.25, -0.2) is 0 Å². The molecule has 3 aliphatic rings. The summed E-state index contributed by atoms with van der Waals surface area (Å²) < 4.78 is 0. The Labute approximate surface area is 124 Å². The van der Waals surface area contributed by atoms with Crippen LogP contribution < -0.4 is 5.32 Å². The number of nitrogens with zero attached hydrogens (tertiary/aromatic N) is 1. The average molecular weight is 274 g/mol. The number of nitrogens with one attached hydrogen (secondary N) is 1. The van der Waals surface area contributed by atoms with E-state index in [9.17, 15) is 5.26 Å². The van der Waals surface area contributed by atoms with Crippen LogP contribution in [0, 0.1) is 16.7 Å². The van der Waals surface area contributed by atoms with Gasteiger partial charge >= 0.3 is 0 Å². The highest BCUT2D eigenvalue weighted by Gasteiger charge is 2.44. The highest BCUT2D eigenvalue weighted by atomic mass is 15.0. The van der Waals surface area contributed by atoms with E-state index in [0.29, 0.717) is 11.5 Å². The van der Waals surface area contributed by atoms with E-state index in [4.69, 9.17) is 0 Å². The number of nitriles is 1. The van der Waals surface area contributed by atoms with E-state index >= 15 is 0 Å². The van der Waals surface area contributed by atoms with Crippen molar-refractivity contribution in [3.05, 3.63) is 0 Å². The molecule has 3 aliphatic carbocycles. The Hall–Kier alpha value is -0.550. The molecule has 3 rings (SSSR count). The van der Waals surface area contributed by atoms with Gasteiger partial charge in [-0.1, -0.05) is 38.5 Å². The van der Waals surface area contributed by atoms with Gasteiger partial charge in [0.15, 0.2) is 0 Å². The van der Waals surface area contributed by atoms with Gasteiger partial charge in [0.05, 0.1) is 6.07 Å². The number of hydrogen-bond donors (Lipinski definition) is 1. The van der Waals surface area contributed by atoms with Gasteiger partial charge in [0.1, 0.15) is 5.54 Å². The zero-order chi connectivity index (χ0) is 13.9. The van der Waals surface area contributed by atoms with Gasteiger partial charge in [-0.3, -0.25) is 5.32 Å². The lowest BCUT2D eigenvalue weighted by molar-refractivity contribution is 0.130. The van der Waals surface area contributed by atoms with Crippen LogP contribution in [0.2, 0.25) is 0 Å². The maximum Gasteiger partial charge on any atom is 0.107 e. The summed E-state index contributed by atoms with van der Waals surface area (Å²) in [6.45, 7) is 0. The lowest BCUT2D eigenvalue weighted by Gasteiger charge is -2.43. The minimum atomic E-state index is -0.192. The summed E-state index contributed by atoms with van der Waals surface area (Å²) >= 11 is 0. The molecule has 0 aromatic carbocycles. The van der Waals surface area contributed by atoms with Crippen LogP contribution in [0.25, 0.3) is 0 Å². The molecular formula is C18H30N2. The molecule has 112 valence electrons. The Balaban J connectivity index is 1.59. The predicted octanol–water partition coefficient (Wildman–Crippen LogP) is 4.70.